The summed E-state index contributed by atoms with van der Waals surface area (Å²) in [6.45, 7) is 4.37. The van der Waals surface area contributed by atoms with E-state index in [1.807, 2.05) is 4.90 Å². The van der Waals surface area contributed by atoms with Crippen molar-refractivity contribution in [2.75, 3.05) is 61.5 Å². The van der Waals surface area contributed by atoms with Gasteiger partial charge in [0.1, 0.15) is 5.82 Å². The van der Waals surface area contributed by atoms with Crippen LogP contribution in [0.15, 0.2) is 45.9 Å². The molecule has 0 bridgehead atoms. The molecule has 1 unspecified atom stereocenters. The molecule has 1 atom stereocenters. The van der Waals surface area contributed by atoms with Crippen LogP contribution in [0.25, 0.3) is 17.4 Å². The second-order valence-electron chi connectivity index (χ2n) is 7.85. The van der Waals surface area contributed by atoms with E-state index in [4.69, 9.17) is 10.2 Å². The summed E-state index contributed by atoms with van der Waals surface area (Å²) in [6.07, 6.45) is 3.09. The number of hydrogen-bond acceptors (Lipinski definition) is 10. The number of halogens is 1. The number of nitrogens with two attached hydrogens (primary N) is 1. The first kappa shape index (κ1) is 22.2. The van der Waals surface area contributed by atoms with Crippen molar-refractivity contribution in [1.82, 2.24) is 29.5 Å². The normalized spacial score (nSPS) is 15.6. The van der Waals surface area contributed by atoms with Gasteiger partial charge in [-0.2, -0.15) is 19.5 Å². The van der Waals surface area contributed by atoms with Gasteiger partial charge < -0.3 is 20.4 Å². The van der Waals surface area contributed by atoms with Gasteiger partial charge in [0.2, 0.25) is 17.7 Å². The Bertz CT molecular complexity index is 1320. The molecule has 34 heavy (non-hydrogen) atoms. The molecule has 0 spiro atoms. The number of aromatic nitrogens is 5. The molecule has 0 aliphatic carbocycles. The molecule has 3 N–H and O–H groups in total. The van der Waals surface area contributed by atoms with Gasteiger partial charge in [0.25, 0.3) is 5.78 Å². The molecule has 0 saturated carbocycles. The molecule has 3 aromatic heterocycles. The minimum Gasteiger partial charge on any atom is -0.461 e. The van der Waals surface area contributed by atoms with Gasteiger partial charge in [0.15, 0.2) is 5.76 Å². The van der Waals surface area contributed by atoms with Crippen LogP contribution in [0.5, 0.6) is 0 Å². The van der Waals surface area contributed by atoms with Gasteiger partial charge in [-0.15, -0.1) is 5.10 Å². The molecule has 0 radical (unpaired) electrons. The monoisotopic (exact) mass is 485 g/mol. The number of anilines is 3. The Morgan fingerprint density at radius 1 is 1.18 bits per heavy atom. The van der Waals surface area contributed by atoms with E-state index >= 15 is 0 Å². The Hall–Kier alpha value is -3.58. The lowest BCUT2D eigenvalue weighted by atomic mass is 10.2. The standard InChI is InChI=1S/C21H24FN9O2S/c1-34(32)14-4-5-16(15(22)13-14)30-10-8-29(9-11-30)7-6-24-20-26-19(23)31-21(27-20)25-18(28-31)17-3-2-12-33-17/h2-5,12-13H,6-11H2,1H3,(H3,23,24,25,26,27,28). The first-order valence-corrected chi connectivity index (χ1v) is 12.3. The van der Waals surface area contributed by atoms with E-state index in [0.717, 1.165) is 19.6 Å². The van der Waals surface area contributed by atoms with Crippen molar-refractivity contribution in [1.29, 1.82) is 0 Å². The zero-order valence-corrected chi connectivity index (χ0v) is 19.3. The van der Waals surface area contributed by atoms with Gasteiger partial charge in [-0.25, -0.2) is 4.39 Å². The SMILES string of the molecule is CS(=O)c1ccc(N2CCN(CCNc3nc(N)n4nc(-c5ccco5)nc4n3)CC2)c(F)c1. The molecule has 4 heterocycles. The number of nitrogens with one attached hydrogen (secondary N) is 1. The summed E-state index contributed by atoms with van der Waals surface area (Å²) in [4.78, 5) is 17.8. The van der Waals surface area contributed by atoms with E-state index in [0.29, 0.717) is 53.5 Å². The van der Waals surface area contributed by atoms with Crippen LogP contribution >= 0.6 is 0 Å². The van der Waals surface area contributed by atoms with Crippen LogP contribution < -0.4 is 16.0 Å². The Morgan fingerprint density at radius 2 is 2.00 bits per heavy atom. The molecule has 13 heteroatoms. The van der Waals surface area contributed by atoms with Crippen LogP contribution in [0.1, 0.15) is 0 Å². The molecule has 0 amide bonds. The highest BCUT2D eigenvalue weighted by Crippen LogP contribution is 2.23. The predicted octanol–water partition coefficient (Wildman–Crippen LogP) is 1.47. The number of rotatable bonds is 7. The second-order valence-corrected chi connectivity index (χ2v) is 9.23. The van der Waals surface area contributed by atoms with E-state index in [1.165, 1.54) is 10.6 Å². The number of piperazine rings is 1. The molecular weight excluding hydrogens is 461 g/mol. The topological polar surface area (TPSA) is 131 Å². The third-order valence-corrected chi connectivity index (χ3v) is 6.57. The van der Waals surface area contributed by atoms with E-state index in [2.05, 4.69) is 30.3 Å². The molecule has 5 rings (SSSR count). The summed E-state index contributed by atoms with van der Waals surface area (Å²) in [5.41, 5.74) is 6.57. The lowest BCUT2D eigenvalue weighted by Gasteiger charge is -2.36. The van der Waals surface area contributed by atoms with Gasteiger partial charge in [-0.1, -0.05) is 0 Å². The van der Waals surface area contributed by atoms with Gasteiger partial charge in [-0.05, 0) is 30.3 Å². The molecule has 1 aliphatic heterocycles. The number of benzene rings is 1. The average molecular weight is 486 g/mol. The summed E-state index contributed by atoms with van der Waals surface area (Å²) in [5.74, 6) is 1.44. The molecular formula is C21H24FN9O2S. The van der Waals surface area contributed by atoms with Gasteiger partial charge in [-0.3, -0.25) is 9.11 Å². The Morgan fingerprint density at radius 3 is 2.71 bits per heavy atom. The molecule has 11 nitrogen and oxygen atoms in total. The van der Waals surface area contributed by atoms with Crippen molar-refractivity contribution in [3.8, 4) is 11.6 Å². The van der Waals surface area contributed by atoms with Crippen LogP contribution in [0.4, 0.5) is 22.0 Å². The fraction of sp³-hybridized carbons (Fsp3) is 0.333. The Labute approximate surface area is 197 Å². The fourth-order valence-electron chi connectivity index (χ4n) is 3.86. The van der Waals surface area contributed by atoms with Crippen molar-refractivity contribution in [2.24, 2.45) is 0 Å². The zero-order chi connectivity index (χ0) is 23.7. The van der Waals surface area contributed by atoms with E-state index in [9.17, 15) is 8.60 Å². The van der Waals surface area contributed by atoms with Crippen molar-refractivity contribution in [2.45, 2.75) is 4.90 Å². The quantitative estimate of drug-likeness (QED) is 0.397. The van der Waals surface area contributed by atoms with E-state index < -0.39 is 10.8 Å². The van der Waals surface area contributed by atoms with Crippen LogP contribution in [-0.4, -0.2) is 79.2 Å². The molecule has 1 saturated heterocycles. The lowest BCUT2D eigenvalue weighted by molar-refractivity contribution is 0.266. The number of nitrogen functional groups attached to an aromatic ring is 1. The molecule has 1 aliphatic rings. The predicted molar refractivity (Wildman–Crippen MR) is 127 cm³/mol. The summed E-state index contributed by atoms with van der Waals surface area (Å²) < 4.78 is 32.7. The molecule has 178 valence electrons. The van der Waals surface area contributed by atoms with Crippen molar-refractivity contribution < 1.29 is 13.0 Å². The maximum atomic E-state index is 14.5. The second kappa shape index (κ2) is 9.35. The number of hydrogen-bond donors (Lipinski definition) is 2. The van der Waals surface area contributed by atoms with Crippen LogP contribution in [0.2, 0.25) is 0 Å². The lowest BCUT2D eigenvalue weighted by Crippen LogP contribution is -2.48. The van der Waals surface area contributed by atoms with E-state index in [-0.39, 0.29) is 11.8 Å². The zero-order valence-electron chi connectivity index (χ0n) is 18.5. The van der Waals surface area contributed by atoms with Crippen molar-refractivity contribution >= 4 is 34.2 Å². The maximum absolute atomic E-state index is 14.5. The maximum Gasteiger partial charge on any atom is 0.259 e. The average Bonchev–Trinajstić information content (AvgIpc) is 3.50. The first-order chi connectivity index (χ1) is 16.5. The summed E-state index contributed by atoms with van der Waals surface area (Å²) in [7, 11) is -1.20. The van der Waals surface area contributed by atoms with Crippen molar-refractivity contribution in [3.63, 3.8) is 0 Å². The third-order valence-electron chi connectivity index (χ3n) is 5.65. The highest BCUT2D eigenvalue weighted by molar-refractivity contribution is 7.84. The Kier molecular flexibility index (Phi) is 6.11. The minimum atomic E-state index is -1.20. The first-order valence-electron chi connectivity index (χ1n) is 10.8. The molecule has 1 fully saturated rings. The summed E-state index contributed by atoms with van der Waals surface area (Å²) >= 11 is 0. The number of nitrogens with zero attached hydrogens (tertiary/aromatic N) is 7. The minimum absolute atomic E-state index is 0.173. The van der Waals surface area contributed by atoms with E-state index in [1.54, 1.807) is 36.8 Å². The highest BCUT2D eigenvalue weighted by atomic mass is 32.2. The summed E-state index contributed by atoms with van der Waals surface area (Å²) in [6, 6.07) is 8.30. The van der Waals surface area contributed by atoms with Crippen LogP contribution in [0.3, 0.4) is 0 Å². The van der Waals surface area contributed by atoms with Gasteiger partial charge in [0.05, 0.1) is 12.0 Å². The molecule has 4 aromatic rings. The van der Waals surface area contributed by atoms with Crippen LogP contribution in [-0.2, 0) is 10.8 Å². The Balaban J connectivity index is 1.15. The van der Waals surface area contributed by atoms with Gasteiger partial charge in [0, 0.05) is 61.2 Å². The third kappa shape index (κ3) is 4.56. The smallest absolute Gasteiger partial charge is 0.259 e. The fourth-order valence-corrected chi connectivity index (χ4v) is 4.38. The number of furan rings is 1. The van der Waals surface area contributed by atoms with Crippen LogP contribution in [0, 0.1) is 5.82 Å². The summed E-state index contributed by atoms with van der Waals surface area (Å²) in [5, 5.41) is 7.47. The number of fused-ring (bicyclic) bond motifs is 1. The highest BCUT2D eigenvalue weighted by Gasteiger charge is 2.20. The largest absolute Gasteiger partial charge is 0.461 e. The molecule has 1 aromatic carbocycles. The van der Waals surface area contributed by atoms with Crippen molar-refractivity contribution in [3.05, 3.63) is 42.4 Å². The van der Waals surface area contributed by atoms with Gasteiger partial charge >= 0.3 is 0 Å².